The summed E-state index contributed by atoms with van der Waals surface area (Å²) in [5, 5.41) is 3.95. The summed E-state index contributed by atoms with van der Waals surface area (Å²) in [7, 11) is -1.93. The van der Waals surface area contributed by atoms with Gasteiger partial charge < -0.3 is 9.64 Å². The molecule has 3 rings (SSSR count). The van der Waals surface area contributed by atoms with Crippen molar-refractivity contribution >= 4 is 21.6 Å². The van der Waals surface area contributed by atoms with E-state index in [0.29, 0.717) is 6.54 Å². The number of ether oxygens (including phenoxy) is 1. The van der Waals surface area contributed by atoms with Gasteiger partial charge in [0.1, 0.15) is 11.9 Å². The van der Waals surface area contributed by atoms with E-state index in [4.69, 9.17) is 4.74 Å². The Bertz CT molecular complexity index is 908. The molecule has 1 aliphatic heterocycles. The fourth-order valence-corrected chi connectivity index (χ4v) is 4.49. The highest BCUT2D eigenvalue weighted by Crippen LogP contribution is 2.30. The molecule has 8 heteroatoms. The predicted octanol–water partition coefficient (Wildman–Crippen LogP) is 1.60. The Hall–Kier alpha value is -2.35. The Morgan fingerprint density at radius 3 is 2.63 bits per heavy atom. The number of hydrogen-bond acceptors (Lipinski definition) is 6. The van der Waals surface area contributed by atoms with Crippen LogP contribution in [-0.2, 0) is 32.3 Å². The van der Waals surface area contributed by atoms with Crippen molar-refractivity contribution < 1.29 is 17.9 Å². The maximum atomic E-state index is 12.3. The van der Waals surface area contributed by atoms with Gasteiger partial charge in [-0.25, -0.2) is 17.9 Å². The van der Waals surface area contributed by atoms with Crippen molar-refractivity contribution in [2.24, 2.45) is 0 Å². The van der Waals surface area contributed by atoms with E-state index in [9.17, 15) is 13.2 Å². The van der Waals surface area contributed by atoms with Gasteiger partial charge in [0.2, 0.25) is 0 Å². The van der Waals surface area contributed by atoms with Gasteiger partial charge in [0, 0.05) is 25.4 Å². The van der Waals surface area contributed by atoms with Crippen LogP contribution in [-0.4, -0.2) is 55.4 Å². The van der Waals surface area contributed by atoms with Gasteiger partial charge in [0.25, 0.3) is 0 Å². The largest absolute Gasteiger partial charge is 0.467 e. The minimum atomic E-state index is -3.26. The molecule has 1 aliphatic rings. The van der Waals surface area contributed by atoms with Crippen LogP contribution >= 0.6 is 0 Å². The third-order valence-electron chi connectivity index (χ3n) is 4.97. The fourth-order valence-electron chi connectivity index (χ4n) is 3.53. The van der Waals surface area contributed by atoms with E-state index in [2.05, 4.69) is 17.2 Å². The summed E-state index contributed by atoms with van der Waals surface area (Å²) in [4.78, 5) is 14.1. The zero-order valence-corrected chi connectivity index (χ0v) is 16.6. The average Bonchev–Trinajstić information content (AvgIpc) is 3.23. The molecular formula is C19H25N3O4S. The van der Waals surface area contributed by atoms with Crippen LogP contribution in [0.25, 0.3) is 0 Å². The van der Waals surface area contributed by atoms with Crippen molar-refractivity contribution in [2.45, 2.75) is 37.6 Å². The molecule has 2 atom stereocenters. The van der Waals surface area contributed by atoms with Gasteiger partial charge in [0.15, 0.2) is 9.84 Å². The van der Waals surface area contributed by atoms with Crippen LogP contribution in [0.1, 0.15) is 17.7 Å². The molecule has 0 spiro atoms. The number of nitrogens with zero attached hydrogens (tertiary/aromatic N) is 3. The van der Waals surface area contributed by atoms with Crippen LogP contribution < -0.4 is 4.90 Å². The molecule has 1 aromatic carbocycles. The Balaban J connectivity index is 1.88. The quantitative estimate of drug-likeness (QED) is 0.696. The summed E-state index contributed by atoms with van der Waals surface area (Å²) in [5.41, 5.74) is 2.01. The van der Waals surface area contributed by atoms with Crippen LogP contribution in [0.4, 0.5) is 5.82 Å². The number of carbonyl (C=O) groups excluding carboxylic acids is 1. The highest BCUT2D eigenvalue weighted by Gasteiger charge is 2.43. The Kier molecular flexibility index (Phi) is 5.55. The maximum absolute atomic E-state index is 12.3. The molecule has 146 valence electrons. The molecule has 0 N–H and O–H groups in total. The number of aromatic nitrogens is 2. The van der Waals surface area contributed by atoms with Gasteiger partial charge >= 0.3 is 5.97 Å². The van der Waals surface area contributed by atoms with Crippen molar-refractivity contribution in [1.82, 2.24) is 9.78 Å². The highest BCUT2D eigenvalue weighted by molar-refractivity contribution is 7.91. The predicted molar refractivity (Wildman–Crippen MR) is 104 cm³/mol. The van der Waals surface area contributed by atoms with Gasteiger partial charge in [-0.2, -0.15) is 5.10 Å². The van der Waals surface area contributed by atoms with Crippen molar-refractivity contribution in [3.05, 3.63) is 47.7 Å². The molecule has 0 bridgehead atoms. The summed E-state index contributed by atoms with van der Waals surface area (Å²) >= 11 is 0. The summed E-state index contributed by atoms with van der Waals surface area (Å²) < 4.78 is 30.9. The van der Waals surface area contributed by atoms with E-state index in [-0.39, 0.29) is 13.0 Å². The highest BCUT2D eigenvalue weighted by atomic mass is 32.2. The molecule has 27 heavy (non-hydrogen) atoms. The lowest BCUT2D eigenvalue weighted by Crippen LogP contribution is -2.38. The van der Waals surface area contributed by atoms with Crippen LogP contribution in [0.3, 0.4) is 0 Å². The van der Waals surface area contributed by atoms with Crippen molar-refractivity contribution in [3.63, 3.8) is 0 Å². The Morgan fingerprint density at radius 1 is 1.30 bits per heavy atom. The third kappa shape index (κ3) is 4.32. The summed E-state index contributed by atoms with van der Waals surface area (Å²) in [6.45, 7) is 2.79. The monoisotopic (exact) mass is 391 g/mol. The number of aryl methyl sites for hydroxylation is 3. The van der Waals surface area contributed by atoms with E-state index in [1.165, 1.54) is 18.9 Å². The van der Waals surface area contributed by atoms with Gasteiger partial charge in [-0.05, 0) is 25.3 Å². The van der Waals surface area contributed by atoms with Gasteiger partial charge in [0.05, 0.1) is 18.1 Å². The zero-order chi connectivity index (χ0) is 19.6. The second kappa shape index (κ2) is 7.72. The van der Waals surface area contributed by atoms with Crippen molar-refractivity contribution in [2.75, 3.05) is 24.8 Å². The number of rotatable bonds is 6. The fraction of sp³-hybridized carbons (Fsp3) is 0.474. The molecule has 1 aromatic heterocycles. The van der Waals surface area contributed by atoms with E-state index in [1.807, 2.05) is 40.8 Å². The Labute approximate surface area is 159 Å². The molecule has 0 saturated carbocycles. The van der Waals surface area contributed by atoms with Gasteiger partial charge in [-0.1, -0.05) is 30.3 Å². The summed E-state index contributed by atoms with van der Waals surface area (Å²) in [6.07, 6.45) is 2.24. The normalized spacial score (nSPS) is 20.0. The second-order valence-corrected chi connectivity index (χ2v) is 9.31. The molecule has 7 nitrogen and oxygen atoms in total. The minimum Gasteiger partial charge on any atom is -0.467 e. The lowest BCUT2D eigenvalue weighted by atomic mass is 10.1. The standard InChI is InChI=1S/C19H25N3O4S/c1-14-11-18(22(20-14)10-9-15-7-5-4-6-8-15)21-13-16(27(3,24)25)12-17(21)19(23)26-2/h4-8,11,16-17H,9-10,12-13H2,1-3H3/t16-,17+/m1/s1. The minimum absolute atomic E-state index is 0.231. The van der Waals surface area contributed by atoms with Crippen molar-refractivity contribution in [1.29, 1.82) is 0 Å². The first-order valence-electron chi connectivity index (χ1n) is 8.91. The smallest absolute Gasteiger partial charge is 0.328 e. The Morgan fingerprint density at radius 2 is 2.00 bits per heavy atom. The molecule has 1 fully saturated rings. The van der Waals surface area contributed by atoms with Crippen molar-refractivity contribution in [3.8, 4) is 0 Å². The number of methoxy groups -OCH3 is 1. The summed E-state index contributed by atoms with van der Waals surface area (Å²) in [6, 6.07) is 11.4. The molecular weight excluding hydrogens is 366 g/mol. The molecule has 1 saturated heterocycles. The average molecular weight is 391 g/mol. The van der Waals surface area contributed by atoms with E-state index >= 15 is 0 Å². The van der Waals surface area contributed by atoms with Crippen LogP contribution in [0.15, 0.2) is 36.4 Å². The second-order valence-electron chi connectivity index (χ2n) is 6.98. The molecule has 0 radical (unpaired) electrons. The first-order valence-corrected chi connectivity index (χ1v) is 10.9. The van der Waals surface area contributed by atoms with E-state index in [1.54, 1.807) is 0 Å². The molecule has 2 heterocycles. The van der Waals surface area contributed by atoms with Crippen LogP contribution in [0.5, 0.6) is 0 Å². The third-order valence-corrected chi connectivity index (χ3v) is 6.52. The lowest BCUT2D eigenvalue weighted by molar-refractivity contribution is -0.141. The first-order chi connectivity index (χ1) is 12.8. The number of anilines is 1. The number of carbonyl (C=O) groups is 1. The molecule has 0 aliphatic carbocycles. The summed E-state index contributed by atoms with van der Waals surface area (Å²) in [5.74, 6) is 0.333. The molecule has 0 amide bonds. The van der Waals surface area contributed by atoms with Gasteiger partial charge in [-0.15, -0.1) is 0 Å². The number of sulfone groups is 1. The van der Waals surface area contributed by atoms with Gasteiger partial charge in [-0.3, -0.25) is 0 Å². The van der Waals surface area contributed by atoms with Crippen LogP contribution in [0, 0.1) is 6.92 Å². The maximum Gasteiger partial charge on any atom is 0.328 e. The number of esters is 1. The van der Waals surface area contributed by atoms with Crippen LogP contribution in [0.2, 0.25) is 0 Å². The number of hydrogen-bond donors (Lipinski definition) is 0. The van der Waals surface area contributed by atoms with E-state index in [0.717, 1.165) is 17.9 Å². The first kappa shape index (κ1) is 19.4. The SMILES string of the molecule is COC(=O)[C@@H]1C[C@@H](S(C)(=O)=O)CN1c1cc(C)nn1CCc1ccccc1. The molecule has 2 aromatic rings. The lowest BCUT2D eigenvalue weighted by Gasteiger charge is -2.25. The zero-order valence-electron chi connectivity index (χ0n) is 15.8. The molecule has 0 unspecified atom stereocenters. The number of benzene rings is 1. The topological polar surface area (TPSA) is 81.5 Å². The van der Waals surface area contributed by atoms with E-state index < -0.39 is 27.1 Å².